The Kier molecular flexibility index (Phi) is 4.89. The highest BCUT2D eigenvalue weighted by Crippen LogP contribution is 2.56. The van der Waals surface area contributed by atoms with Crippen LogP contribution >= 0.6 is 11.6 Å². The topological polar surface area (TPSA) is 80.8 Å². The van der Waals surface area contributed by atoms with Gasteiger partial charge in [-0.25, -0.2) is 4.79 Å². The van der Waals surface area contributed by atoms with Gasteiger partial charge in [0.2, 0.25) is 11.8 Å². The predicted octanol–water partition coefficient (Wildman–Crippen LogP) is 3.92. The van der Waals surface area contributed by atoms with E-state index in [1.54, 1.807) is 36.4 Å². The van der Waals surface area contributed by atoms with Gasteiger partial charge in [-0.2, -0.15) is 0 Å². The molecule has 2 amide bonds. The number of halogens is 1. The number of carbonyl (C=O) groups excluding carboxylic acids is 4. The number of benzene rings is 2. The summed E-state index contributed by atoms with van der Waals surface area (Å²) in [4.78, 5) is 51.5. The Hall–Kier alpha value is -2.99. The molecule has 158 valence electrons. The number of amides is 2. The first kappa shape index (κ1) is 19.9. The standard InChI is InChI=1S/C24H20ClNO5/c25-17-7-3-13(4-8-17)19(27)12-31-24(30)14-5-9-18(10-6-14)26-22(28)20-15-1-2-16(11-15)21(20)23(26)29/h3-10,15-16,20-21H,1-2,11-12H2/t15-,16-,20+,21+/m0/s1. The average Bonchev–Trinajstić information content (AvgIpc) is 3.46. The number of anilines is 1. The fourth-order valence-electron chi connectivity index (χ4n) is 5.34. The van der Waals surface area contributed by atoms with Crippen LogP contribution in [0.4, 0.5) is 5.69 Å². The zero-order chi connectivity index (χ0) is 21.7. The minimum absolute atomic E-state index is 0.119. The molecule has 0 unspecified atom stereocenters. The number of nitrogens with zero attached hydrogens (tertiary/aromatic N) is 1. The number of imide groups is 1. The third-order valence-electron chi connectivity index (χ3n) is 6.79. The van der Waals surface area contributed by atoms with Crippen LogP contribution in [-0.4, -0.2) is 30.2 Å². The molecule has 2 aromatic carbocycles. The Morgan fingerprint density at radius 1 is 0.871 bits per heavy atom. The SMILES string of the molecule is O=C(COC(=O)c1ccc(N2C(=O)[C@@H]3[C@H]4CC[C@@H](C4)[C@H]3C2=O)cc1)c1ccc(Cl)cc1. The molecular formula is C24H20ClNO5. The van der Waals surface area contributed by atoms with Gasteiger partial charge < -0.3 is 4.74 Å². The summed E-state index contributed by atoms with van der Waals surface area (Å²) < 4.78 is 5.11. The van der Waals surface area contributed by atoms with Gasteiger partial charge in [0.05, 0.1) is 23.1 Å². The summed E-state index contributed by atoms with van der Waals surface area (Å²) in [6.45, 7) is -0.391. The Labute approximate surface area is 184 Å². The van der Waals surface area contributed by atoms with Crippen molar-refractivity contribution in [3.8, 4) is 0 Å². The quantitative estimate of drug-likeness (QED) is 0.402. The van der Waals surface area contributed by atoms with E-state index in [9.17, 15) is 19.2 Å². The average molecular weight is 438 g/mol. The van der Waals surface area contributed by atoms with E-state index in [0.29, 0.717) is 28.1 Å². The summed E-state index contributed by atoms with van der Waals surface area (Å²) in [5.41, 5.74) is 1.11. The molecule has 2 saturated carbocycles. The van der Waals surface area contributed by atoms with Crippen LogP contribution in [0.25, 0.3) is 0 Å². The second-order valence-electron chi connectivity index (χ2n) is 8.45. The maximum Gasteiger partial charge on any atom is 0.338 e. The lowest BCUT2D eigenvalue weighted by Gasteiger charge is -2.19. The van der Waals surface area contributed by atoms with Crippen LogP contribution in [0.2, 0.25) is 5.02 Å². The molecule has 6 nitrogen and oxygen atoms in total. The number of Topliss-reactive ketones (excluding diaryl/α,β-unsaturated/α-hetero) is 1. The molecule has 2 bridgehead atoms. The Bertz CT molecular complexity index is 1050. The Balaban J connectivity index is 1.24. The van der Waals surface area contributed by atoms with Gasteiger partial charge in [0.25, 0.3) is 0 Å². The van der Waals surface area contributed by atoms with E-state index in [1.807, 2.05) is 0 Å². The van der Waals surface area contributed by atoms with Crippen molar-refractivity contribution in [2.45, 2.75) is 19.3 Å². The number of hydrogen-bond donors (Lipinski definition) is 0. The van der Waals surface area contributed by atoms with Crippen molar-refractivity contribution in [3.63, 3.8) is 0 Å². The summed E-state index contributed by atoms with van der Waals surface area (Å²) in [6.07, 6.45) is 3.04. The molecule has 1 aliphatic heterocycles. The predicted molar refractivity (Wildman–Crippen MR) is 113 cm³/mol. The van der Waals surface area contributed by atoms with Crippen LogP contribution in [0.1, 0.15) is 40.0 Å². The molecule has 3 fully saturated rings. The molecule has 7 heteroatoms. The number of ether oxygens (including phenoxy) is 1. The molecule has 5 rings (SSSR count). The number of esters is 1. The molecule has 2 aliphatic carbocycles. The zero-order valence-corrected chi connectivity index (χ0v) is 17.4. The third-order valence-corrected chi connectivity index (χ3v) is 7.04. The van der Waals surface area contributed by atoms with Crippen LogP contribution in [0.5, 0.6) is 0 Å². The normalized spacial score (nSPS) is 26.3. The van der Waals surface area contributed by atoms with Gasteiger partial charge in [-0.1, -0.05) is 11.6 Å². The summed E-state index contributed by atoms with van der Waals surface area (Å²) >= 11 is 5.80. The maximum absolute atomic E-state index is 12.9. The van der Waals surface area contributed by atoms with E-state index in [2.05, 4.69) is 0 Å². The number of rotatable bonds is 5. The van der Waals surface area contributed by atoms with E-state index < -0.39 is 12.6 Å². The van der Waals surface area contributed by atoms with Crippen molar-refractivity contribution < 1.29 is 23.9 Å². The highest BCUT2D eigenvalue weighted by Gasteiger charge is 2.61. The molecule has 2 aromatic rings. The van der Waals surface area contributed by atoms with Gasteiger partial charge in [-0.3, -0.25) is 19.3 Å². The molecule has 0 spiro atoms. The monoisotopic (exact) mass is 437 g/mol. The molecule has 0 aromatic heterocycles. The first-order chi connectivity index (χ1) is 14.9. The summed E-state index contributed by atoms with van der Waals surface area (Å²) in [7, 11) is 0. The Morgan fingerprint density at radius 2 is 1.42 bits per heavy atom. The van der Waals surface area contributed by atoms with Crippen LogP contribution < -0.4 is 4.90 Å². The Morgan fingerprint density at radius 3 is 2.00 bits per heavy atom. The van der Waals surface area contributed by atoms with Crippen LogP contribution in [-0.2, 0) is 14.3 Å². The van der Waals surface area contributed by atoms with Gasteiger partial charge in [0.15, 0.2) is 12.4 Å². The molecule has 31 heavy (non-hydrogen) atoms. The molecule has 4 atom stereocenters. The lowest BCUT2D eigenvalue weighted by atomic mass is 9.81. The van der Waals surface area contributed by atoms with Gasteiger partial charge >= 0.3 is 5.97 Å². The molecular weight excluding hydrogens is 418 g/mol. The number of ketones is 1. The van der Waals surface area contributed by atoms with Crippen molar-refractivity contribution in [1.82, 2.24) is 0 Å². The highest BCUT2D eigenvalue weighted by atomic mass is 35.5. The van der Waals surface area contributed by atoms with E-state index in [-0.39, 0.29) is 35.0 Å². The maximum atomic E-state index is 12.9. The minimum atomic E-state index is -0.650. The smallest absolute Gasteiger partial charge is 0.338 e. The lowest BCUT2D eigenvalue weighted by Crippen LogP contribution is -2.32. The fraction of sp³-hybridized carbons (Fsp3) is 0.333. The van der Waals surface area contributed by atoms with Gasteiger partial charge in [-0.05, 0) is 79.6 Å². The molecule has 1 saturated heterocycles. The lowest BCUT2D eigenvalue weighted by molar-refractivity contribution is -0.123. The van der Waals surface area contributed by atoms with Crippen molar-refractivity contribution in [1.29, 1.82) is 0 Å². The summed E-state index contributed by atoms with van der Waals surface area (Å²) in [5.74, 6) is -0.951. The van der Waals surface area contributed by atoms with Crippen molar-refractivity contribution in [3.05, 3.63) is 64.7 Å². The fourth-order valence-corrected chi connectivity index (χ4v) is 5.47. The second kappa shape index (κ2) is 7.61. The van der Waals surface area contributed by atoms with Crippen LogP contribution in [0, 0.1) is 23.7 Å². The van der Waals surface area contributed by atoms with Gasteiger partial charge in [0.1, 0.15) is 0 Å². The third kappa shape index (κ3) is 3.35. The van der Waals surface area contributed by atoms with E-state index in [4.69, 9.17) is 16.3 Å². The van der Waals surface area contributed by atoms with Gasteiger partial charge in [-0.15, -0.1) is 0 Å². The summed E-state index contributed by atoms with van der Waals surface area (Å²) in [6, 6.07) is 12.5. The van der Waals surface area contributed by atoms with E-state index >= 15 is 0 Å². The summed E-state index contributed by atoms with van der Waals surface area (Å²) in [5, 5.41) is 0.514. The first-order valence-electron chi connectivity index (χ1n) is 10.4. The highest BCUT2D eigenvalue weighted by molar-refractivity contribution is 6.30. The van der Waals surface area contributed by atoms with Crippen molar-refractivity contribution in [2.24, 2.45) is 23.7 Å². The van der Waals surface area contributed by atoms with Crippen LogP contribution in [0.3, 0.4) is 0 Å². The molecule has 0 radical (unpaired) electrons. The number of fused-ring (bicyclic) bond motifs is 5. The molecule has 1 heterocycles. The van der Waals surface area contributed by atoms with E-state index in [1.165, 1.54) is 17.0 Å². The largest absolute Gasteiger partial charge is 0.454 e. The molecule has 0 N–H and O–H groups in total. The van der Waals surface area contributed by atoms with Gasteiger partial charge in [0, 0.05) is 10.6 Å². The van der Waals surface area contributed by atoms with Crippen LogP contribution in [0.15, 0.2) is 48.5 Å². The first-order valence-corrected chi connectivity index (χ1v) is 10.8. The van der Waals surface area contributed by atoms with E-state index in [0.717, 1.165) is 19.3 Å². The minimum Gasteiger partial charge on any atom is -0.454 e. The van der Waals surface area contributed by atoms with Crippen molar-refractivity contribution in [2.75, 3.05) is 11.5 Å². The second-order valence-corrected chi connectivity index (χ2v) is 8.89. The van der Waals surface area contributed by atoms with Crippen molar-refractivity contribution >= 4 is 40.9 Å². The zero-order valence-electron chi connectivity index (χ0n) is 16.6. The number of hydrogen-bond acceptors (Lipinski definition) is 5. The molecule has 3 aliphatic rings. The number of carbonyl (C=O) groups is 4.